The summed E-state index contributed by atoms with van der Waals surface area (Å²) >= 11 is 7.72. The molecule has 0 saturated carbocycles. The smallest absolute Gasteiger partial charge is 0.224 e. The molecule has 2 amide bonds. The van der Waals surface area contributed by atoms with Crippen LogP contribution in [0.2, 0.25) is 5.02 Å². The van der Waals surface area contributed by atoms with E-state index in [1.54, 1.807) is 23.6 Å². The van der Waals surface area contributed by atoms with E-state index in [1.807, 2.05) is 18.2 Å². The van der Waals surface area contributed by atoms with Crippen molar-refractivity contribution >= 4 is 35.2 Å². The number of piperidine rings is 1. The van der Waals surface area contributed by atoms with Crippen LogP contribution in [0.25, 0.3) is 0 Å². The lowest BCUT2D eigenvalue weighted by atomic mass is 9.97. The molecule has 1 aliphatic heterocycles. The molecule has 0 bridgehead atoms. The number of halogens is 1. The normalized spacial score (nSPS) is 17.8. The Morgan fingerprint density at radius 1 is 1.43 bits per heavy atom. The van der Waals surface area contributed by atoms with Gasteiger partial charge in [-0.15, -0.1) is 0 Å². The molecule has 1 fully saturated rings. The Kier molecular flexibility index (Phi) is 7.24. The van der Waals surface area contributed by atoms with Crippen LogP contribution in [0.1, 0.15) is 25.3 Å². The summed E-state index contributed by atoms with van der Waals surface area (Å²) < 4.78 is 0. The van der Waals surface area contributed by atoms with Gasteiger partial charge in [0, 0.05) is 43.1 Å². The van der Waals surface area contributed by atoms with Gasteiger partial charge >= 0.3 is 0 Å². The molecule has 6 heteroatoms. The number of hydrogen-bond donors (Lipinski definition) is 1. The fourth-order valence-corrected chi connectivity index (χ4v) is 3.70. The van der Waals surface area contributed by atoms with Crippen molar-refractivity contribution in [1.29, 1.82) is 0 Å². The van der Waals surface area contributed by atoms with Gasteiger partial charge in [0.05, 0.1) is 5.92 Å². The minimum atomic E-state index is -0.0643. The average molecular weight is 355 g/mol. The van der Waals surface area contributed by atoms with Gasteiger partial charge in [-0.25, -0.2) is 0 Å². The van der Waals surface area contributed by atoms with Crippen LogP contribution >= 0.6 is 23.4 Å². The van der Waals surface area contributed by atoms with Gasteiger partial charge in [-0.05, 0) is 30.5 Å². The zero-order chi connectivity index (χ0) is 16.7. The number of carbonyl (C=O) groups is 2. The van der Waals surface area contributed by atoms with Crippen molar-refractivity contribution in [2.75, 3.05) is 25.4 Å². The average Bonchev–Trinajstić information content (AvgIpc) is 2.54. The number of thioether (sulfide) groups is 1. The molecule has 0 spiro atoms. The second-order valence-electron chi connectivity index (χ2n) is 5.78. The highest BCUT2D eigenvalue weighted by molar-refractivity contribution is 7.98. The summed E-state index contributed by atoms with van der Waals surface area (Å²) in [5, 5.41) is 3.74. The van der Waals surface area contributed by atoms with Gasteiger partial charge in [0.2, 0.25) is 11.8 Å². The lowest BCUT2D eigenvalue weighted by Gasteiger charge is -2.31. The predicted molar refractivity (Wildman–Crippen MR) is 95.6 cm³/mol. The molecular weight excluding hydrogens is 332 g/mol. The van der Waals surface area contributed by atoms with E-state index >= 15 is 0 Å². The zero-order valence-electron chi connectivity index (χ0n) is 13.4. The molecule has 0 aliphatic carbocycles. The molecule has 1 saturated heterocycles. The van der Waals surface area contributed by atoms with Crippen LogP contribution in [0.3, 0.4) is 0 Å². The highest BCUT2D eigenvalue weighted by Crippen LogP contribution is 2.18. The minimum absolute atomic E-state index is 0.0552. The molecule has 4 nitrogen and oxygen atoms in total. The Bertz CT molecular complexity index is 553. The summed E-state index contributed by atoms with van der Waals surface area (Å²) in [7, 11) is 0. The summed E-state index contributed by atoms with van der Waals surface area (Å²) in [6, 6.07) is 7.83. The molecule has 0 unspecified atom stereocenters. The van der Waals surface area contributed by atoms with E-state index in [-0.39, 0.29) is 17.7 Å². The van der Waals surface area contributed by atoms with Crippen LogP contribution < -0.4 is 5.32 Å². The summed E-state index contributed by atoms with van der Waals surface area (Å²) in [5.74, 6) is 1.81. The Hall–Kier alpha value is -1.20. The molecule has 0 aromatic heterocycles. The highest BCUT2D eigenvalue weighted by atomic mass is 35.5. The molecule has 1 aromatic rings. The summed E-state index contributed by atoms with van der Waals surface area (Å²) in [6.07, 6.45) is 1.77. The van der Waals surface area contributed by atoms with E-state index in [4.69, 9.17) is 11.6 Å². The number of benzene rings is 1. The summed E-state index contributed by atoms with van der Waals surface area (Å²) in [6.45, 7) is 3.54. The van der Waals surface area contributed by atoms with E-state index in [0.29, 0.717) is 13.1 Å². The minimum Gasteiger partial charge on any atom is -0.355 e. The lowest BCUT2D eigenvalue weighted by Crippen LogP contribution is -2.45. The first-order valence-electron chi connectivity index (χ1n) is 7.91. The number of likely N-dealkylation sites (tertiary alicyclic amines) is 1. The largest absolute Gasteiger partial charge is 0.355 e. The zero-order valence-corrected chi connectivity index (χ0v) is 15.0. The first-order valence-corrected chi connectivity index (χ1v) is 9.45. The first kappa shape index (κ1) is 18.1. The van der Waals surface area contributed by atoms with E-state index in [1.165, 1.54) is 5.56 Å². The Labute approximate surface area is 146 Å². The molecule has 126 valence electrons. The van der Waals surface area contributed by atoms with Crippen LogP contribution in [0.4, 0.5) is 0 Å². The van der Waals surface area contributed by atoms with Crippen LogP contribution in [0.5, 0.6) is 0 Å². The number of nitrogens with zero attached hydrogens (tertiary/aromatic N) is 1. The van der Waals surface area contributed by atoms with Gasteiger partial charge in [0.15, 0.2) is 0 Å². The number of amides is 2. The third-order valence-corrected chi connectivity index (χ3v) is 5.21. The van der Waals surface area contributed by atoms with Gasteiger partial charge < -0.3 is 10.2 Å². The molecule has 23 heavy (non-hydrogen) atoms. The molecule has 1 N–H and O–H groups in total. The van der Waals surface area contributed by atoms with Crippen molar-refractivity contribution in [3.8, 4) is 0 Å². The molecule has 1 heterocycles. The fraction of sp³-hybridized carbons (Fsp3) is 0.529. The van der Waals surface area contributed by atoms with Crippen LogP contribution in [-0.2, 0) is 15.3 Å². The number of hydrogen-bond acceptors (Lipinski definition) is 3. The molecular formula is C17H23ClN2O2S. The van der Waals surface area contributed by atoms with Crippen molar-refractivity contribution in [3.63, 3.8) is 0 Å². The molecule has 1 aromatic carbocycles. The van der Waals surface area contributed by atoms with Crippen molar-refractivity contribution < 1.29 is 9.59 Å². The third kappa shape index (κ3) is 6.07. The van der Waals surface area contributed by atoms with E-state index in [0.717, 1.165) is 35.9 Å². The Morgan fingerprint density at radius 3 is 3.00 bits per heavy atom. The lowest BCUT2D eigenvalue weighted by molar-refractivity contribution is -0.133. The maximum atomic E-state index is 12.2. The van der Waals surface area contributed by atoms with Gasteiger partial charge in [-0.2, -0.15) is 11.8 Å². The van der Waals surface area contributed by atoms with Crippen LogP contribution in [0, 0.1) is 5.92 Å². The fourth-order valence-electron chi connectivity index (χ4n) is 2.68. The van der Waals surface area contributed by atoms with Gasteiger partial charge in [-0.1, -0.05) is 23.7 Å². The monoisotopic (exact) mass is 354 g/mol. The van der Waals surface area contributed by atoms with E-state index in [2.05, 4.69) is 11.4 Å². The second-order valence-corrected chi connectivity index (χ2v) is 7.32. The molecule has 2 rings (SSSR count). The number of nitrogens with one attached hydrogen (secondary N) is 1. The van der Waals surface area contributed by atoms with Gasteiger partial charge in [-0.3, -0.25) is 9.59 Å². The van der Waals surface area contributed by atoms with Crippen molar-refractivity contribution in [1.82, 2.24) is 10.2 Å². The van der Waals surface area contributed by atoms with Crippen LogP contribution in [-0.4, -0.2) is 42.1 Å². The molecule has 1 atom stereocenters. The molecule has 0 radical (unpaired) electrons. The maximum absolute atomic E-state index is 12.2. The highest BCUT2D eigenvalue weighted by Gasteiger charge is 2.26. The second kappa shape index (κ2) is 9.18. The van der Waals surface area contributed by atoms with Crippen molar-refractivity contribution in [2.24, 2.45) is 5.92 Å². The maximum Gasteiger partial charge on any atom is 0.224 e. The van der Waals surface area contributed by atoms with Crippen molar-refractivity contribution in [2.45, 2.75) is 25.5 Å². The third-order valence-electron chi connectivity index (χ3n) is 3.94. The van der Waals surface area contributed by atoms with E-state index < -0.39 is 0 Å². The quantitative estimate of drug-likeness (QED) is 0.799. The predicted octanol–water partition coefficient (Wildman–Crippen LogP) is 2.95. The summed E-state index contributed by atoms with van der Waals surface area (Å²) in [5.41, 5.74) is 1.19. The SMILES string of the molecule is CC(=O)N1CCC[C@H](C(=O)NCCSCc2cccc(Cl)c2)C1. The number of rotatable bonds is 6. The topological polar surface area (TPSA) is 49.4 Å². The van der Waals surface area contributed by atoms with Gasteiger partial charge in [0.1, 0.15) is 0 Å². The Morgan fingerprint density at radius 2 is 2.26 bits per heavy atom. The van der Waals surface area contributed by atoms with Gasteiger partial charge in [0.25, 0.3) is 0 Å². The van der Waals surface area contributed by atoms with E-state index in [9.17, 15) is 9.59 Å². The summed E-state index contributed by atoms with van der Waals surface area (Å²) in [4.78, 5) is 25.3. The van der Waals surface area contributed by atoms with Crippen molar-refractivity contribution in [3.05, 3.63) is 34.9 Å². The molecule has 1 aliphatic rings. The number of carbonyl (C=O) groups excluding carboxylic acids is 2. The first-order chi connectivity index (χ1) is 11.1. The van der Waals surface area contributed by atoms with Crippen LogP contribution in [0.15, 0.2) is 24.3 Å². The Balaban J connectivity index is 1.64. The standard InChI is InChI=1S/C17H23ClN2O2S/c1-13(21)20-8-3-5-15(11-20)17(22)19-7-9-23-12-14-4-2-6-16(18)10-14/h2,4,6,10,15H,3,5,7-9,11-12H2,1H3,(H,19,22)/t15-/m0/s1.